The fourth-order valence-electron chi connectivity index (χ4n) is 3.91. The molecule has 0 aromatic heterocycles. The van der Waals surface area contributed by atoms with Crippen LogP contribution in [0.15, 0.2) is 90.0 Å². The molecule has 0 aliphatic heterocycles. The number of halogens is 2. The first kappa shape index (κ1) is 26.8. The van der Waals surface area contributed by atoms with E-state index in [0.717, 1.165) is 16.3 Å². The summed E-state index contributed by atoms with van der Waals surface area (Å²) in [5, 5.41) is 9.30. The number of carbonyl (C=O) groups is 2. The average Bonchev–Trinajstić information content (AvgIpc) is 2.91. The third kappa shape index (κ3) is 6.55. The van der Waals surface area contributed by atoms with Crippen molar-refractivity contribution in [2.45, 2.75) is 26.5 Å². The quantitative estimate of drug-likeness (QED) is 0.202. The molecule has 38 heavy (non-hydrogen) atoms. The highest BCUT2D eigenvalue weighted by atomic mass is 35.5. The predicted octanol–water partition coefficient (Wildman–Crippen LogP) is 6.12. The van der Waals surface area contributed by atoms with E-state index in [1.165, 1.54) is 24.4 Å². The van der Waals surface area contributed by atoms with E-state index in [0.29, 0.717) is 22.9 Å². The molecule has 1 unspecified atom stereocenters. The van der Waals surface area contributed by atoms with Crippen LogP contribution in [0.2, 0.25) is 5.02 Å². The number of amides is 2. The normalized spacial score (nSPS) is 12.0. The largest absolute Gasteiger partial charge is 0.488 e. The molecule has 4 aromatic carbocycles. The molecule has 0 bridgehead atoms. The number of nitrogens with zero attached hydrogens (tertiary/aromatic N) is 1. The Bertz CT molecular complexity index is 1470. The number of nitrogens with one attached hydrogen (secondary N) is 2. The number of rotatable bonds is 9. The van der Waals surface area contributed by atoms with Gasteiger partial charge in [-0.05, 0) is 52.6 Å². The molecular formula is C30H27ClFN3O3. The molecule has 0 fully saturated rings. The lowest BCUT2D eigenvalue weighted by Gasteiger charge is -2.20. The minimum absolute atomic E-state index is 0.132. The van der Waals surface area contributed by atoms with Crippen molar-refractivity contribution < 1.29 is 18.7 Å². The van der Waals surface area contributed by atoms with Gasteiger partial charge in [0.15, 0.2) is 0 Å². The minimum Gasteiger partial charge on any atom is -0.488 e. The second kappa shape index (κ2) is 12.3. The van der Waals surface area contributed by atoms with Gasteiger partial charge in [-0.2, -0.15) is 5.10 Å². The Morgan fingerprint density at radius 1 is 0.974 bits per heavy atom. The van der Waals surface area contributed by atoms with Crippen molar-refractivity contribution in [3.8, 4) is 5.75 Å². The van der Waals surface area contributed by atoms with Crippen molar-refractivity contribution in [3.63, 3.8) is 0 Å². The van der Waals surface area contributed by atoms with Gasteiger partial charge in [-0.1, -0.05) is 80.0 Å². The maximum atomic E-state index is 14.0. The van der Waals surface area contributed by atoms with E-state index in [2.05, 4.69) is 15.8 Å². The molecule has 6 nitrogen and oxygen atoms in total. The van der Waals surface area contributed by atoms with Crippen molar-refractivity contribution in [1.29, 1.82) is 0 Å². The molecule has 2 amide bonds. The first-order chi connectivity index (χ1) is 18.3. The zero-order chi connectivity index (χ0) is 27.1. The van der Waals surface area contributed by atoms with Crippen molar-refractivity contribution in [2.24, 2.45) is 11.0 Å². The molecule has 8 heteroatoms. The molecular weight excluding hydrogens is 505 g/mol. The van der Waals surface area contributed by atoms with E-state index in [4.69, 9.17) is 16.3 Å². The monoisotopic (exact) mass is 531 g/mol. The topological polar surface area (TPSA) is 79.8 Å². The standard InChI is InChI=1S/C30H27ClFN3O3/c1-19(2)28(34-29(36)24-9-5-6-10-26(24)32)30(37)35-33-17-25-23-8-4-3-7-21(23)13-16-27(25)38-18-20-11-14-22(31)15-12-20/h3-17,19,28H,18H2,1-2H3,(H,34,36)(H,35,37)/b33-17+. The fourth-order valence-corrected chi connectivity index (χ4v) is 4.03. The molecule has 194 valence electrons. The maximum absolute atomic E-state index is 14.0. The van der Waals surface area contributed by atoms with Crippen molar-refractivity contribution in [3.05, 3.63) is 112 Å². The van der Waals surface area contributed by atoms with E-state index in [1.54, 1.807) is 32.0 Å². The van der Waals surface area contributed by atoms with Crippen molar-refractivity contribution in [1.82, 2.24) is 10.7 Å². The van der Waals surface area contributed by atoms with Gasteiger partial charge in [-0.25, -0.2) is 9.82 Å². The number of hydrogen-bond acceptors (Lipinski definition) is 4. The number of fused-ring (bicyclic) bond motifs is 1. The summed E-state index contributed by atoms with van der Waals surface area (Å²) in [6.45, 7) is 3.88. The highest BCUT2D eigenvalue weighted by Crippen LogP contribution is 2.27. The Labute approximate surface area is 225 Å². The summed E-state index contributed by atoms with van der Waals surface area (Å²) >= 11 is 5.98. The molecule has 4 aromatic rings. The Balaban J connectivity index is 1.52. The van der Waals surface area contributed by atoms with Crippen LogP contribution in [0.25, 0.3) is 10.8 Å². The lowest BCUT2D eigenvalue weighted by molar-refractivity contribution is -0.123. The van der Waals surface area contributed by atoms with E-state index in [9.17, 15) is 14.0 Å². The molecule has 2 N–H and O–H groups in total. The first-order valence-corrected chi connectivity index (χ1v) is 12.5. The summed E-state index contributed by atoms with van der Waals surface area (Å²) in [5.74, 6) is -1.53. The van der Waals surface area contributed by atoms with Crippen LogP contribution < -0.4 is 15.5 Å². The second-order valence-electron chi connectivity index (χ2n) is 9.02. The predicted molar refractivity (Wildman–Crippen MR) is 148 cm³/mol. The Hall–Kier alpha value is -4.23. The van der Waals surface area contributed by atoms with Gasteiger partial charge in [0.2, 0.25) is 0 Å². The molecule has 0 spiro atoms. The van der Waals surface area contributed by atoms with Crippen LogP contribution in [-0.4, -0.2) is 24.1 Å². The lowest BCUT2D eigenvalue weighted by Crippen LogP contribution is -2.48. The summed E-state index contributed by atoms with van der Waals surface area (Å²) in [6, 6.07) is 23.6. The highest BCUT2D eigenvalue weighted by Gasteiger charge is 2.25. The first-order valence-electron chi connectivity index (χ1n) is 12.1. The summed E-state index contributed by atoms with van der Waals surface area (Å²) in [5.41, 5.74) is 4.01. The minimum atomic E-state index is -0.924. The number of carbonyl (C=O) groups excluding carboxylic acids is 2. The molecule has 0 aliphatic rings. The molecule has 0 aliphatic carbocycles. The molecule has 0 heterocycles. The van der Waals surface area contributed by atoms with Gasteiger partial charge in [0.1, 0.15) is 24.2 Å². The van der Waals surface area contributed by atoms with Crippen LogP contribution in [0.1, 0.15) is 35.3 Å². The third-order valence-electron chi connectivity index (χ3n) is 5.96. The van der Waals surface area contributed by atoms with Gasteiger partial charge >= 0.3 is 0 Å². The van der Waals surface area contributed by atoms with Crippen LogP contribution in [-0.2, 0) is 11.4 Å². The number of ether oxygens (including phenoxy) is 1. The molecule has 1 atom stereocenters. The molecule has 0 saturated heterocycles. The van der Waals surface area contributed by atoms with Crippen LogP contribution in [0, 0.1) is 11.7 Å². The smallest absolute Gasteiger partial charge is 0.262 e. The molecule has 0 saturated carbocycles. The Morgan fingerprint density at radius 2 is 1.68 bits per heavy atom. The zero-order valence-corrected chi connectivity index (χ0v) is 21.7. The van der Waals surface area contributed by atoms with E-state index in [-0.39, 0.29) is 11.5 Å². The van der Waals surface area contributed by atoms with Crippen LogP contribution in [0.5, 0.6) is 5.75 Å². The van der Waals surface area contributed by atoms with Gasteiger partial charge in [-0.3, -0.25) is 9.59 Å². The number of hydrazone groups is 1. The molecule has 4 rings (SSSR count). The van der Waals surface area contributed by atoms with Gasteiger partial charge in [0, 0.05) is 10.6 Å². The number of benzene rings is 4. The van der Waals surface area contributed by atoms with E-state index >= 15 is 0 Å². The van der Waals surface area contributed by atoms with Crippen LogP contribution in [0.4, 0.5) is 4.39 Å². The van der Waals surface area contributed by atoms with E-state index in [1.807, 2.05) is 48.5 Å². The van der Waals surface area contributed by atoms with Crippen molar-refractivity contribution in [2.75, 3.05) is 0 Å². The highest BCUT2D eigenvalue weighted by molar-refractivity contribution is 6.30. The average molecular weight is 532 g/mol. The maximum Gasteiger partial charge on any atom is 0.262 e. The van der Waals surface area contributed by atoms with Gasteiger partial charge < -0.3 is 10.1 Å². The second-order valence-corrected chi connectivity index (χ2v) is 9.46. The molecule has 0 radical (unpaired) electrons. The van der Waals surface area contributed by atoms with Gasteiger partial charge in [-0.15, -0.1) is 0 Å². The van der Waals surface area contributed by atoms with Gasteiger partial charge in [0.05, 0.1) is 11.8 Å². The summed E-state index contributed by atoms with van der Waals surface area (Å²) in [7, 11) is 0. The summed E-state index contributed by atoms with van der Waals surface area (Å²) < 4.78 is 20.1. The van der Waals surface area contributed by atoms with Crippen LogP contribution in [0.3, 0.4) is 0 Å². The van der Waals surface area contributed by atoms with Crippen LogP contribution >= 0.6 is 11.6 Å². The third-order valence-corrected chi connectivity index (χ3v) is 6.21. The number of hydrogen-bond donors (Lipinski definition) is 2. The van der Waals surface area contributed by atoms with Crippen molar-refractivity contribution >= 4 is 40.4 Å². The Morgan fingerprint density at radius 3 is 2.42 bits per heavy atom. The lowest BCUT2D eigenvalue weighted by atomic mass is 10.0. The summed E-state index contributed by atoms with van der Waals surface area (Å²) in [6.07, 6.45) is 1.52. The van der Waals surface area contributed by atoms with Gasteiger partial charge in [0.25, 0.3) is 11.8 Å². The Kier molecular flexibility index (Phi) is 8.71. The summed E-state index contributed by atoms with van der Waals surface area (Å²) in [4.78, 5) is 25.5. The van der Waals surface area contributed by atoms with E-state index < -0.39 is 23.7 Å². The zero-order valence-electron chi connectivity index (χ0n) is 20.9. The SMILES string of the molecule is CC(C)C(NC(=O)c1ccccc1F)C(=O)N/N=C/c1c(OCc2ccc(Cl)cc2)ccc2ccccc12. The fraction of sp³-hybridized carbons (Fsp3) is 0.167.